The molecule has 0 unspecified atom stereocenters. The highest BCUT2D eigenvalue weighted by Crippen LogP contribution is 2.30. The maximum Gasteiger partial charge on any atom is 0.268 e. The van der Waals surface area contributed by atoms with E-state index in [0.29, 0.717) is 22.2 Å². The molecule has 2 amide bonds. The molecule has 1 aliphatic rings. The van der Waals surface area contributed by atoms with Crippen LogP contribution in [0.15, 0.2) is 53.3 Å². The van der Waals surface area contributed by atoms with Gasteiger partial charge in [0.05, 0.1) is 0 Å². The number of halogens is 2. The van der Waals surface area contributed by atoms with Crippen molar-refractivity contribution in [3.63, 3.8) is 0 Å². The van der Waals surface area contributed by atoms with Crippen LogP contribution in [0.2, 0.25) is 5.02 Å². The van der Waals surface area contributed by atoms with Crippen LogP contribution in [0.25, 0.3) is 10.9 Å². The van der Waals surface area contributed by atoms with Gasteiger partial charge in [0.25, 0.3) is 11.8 Å². The zero-order valence-corrected chi connectivity index (χ0v) is 16.4. The number of hydrogen-bond acceptors (Lipinski definition) is 4. The number of anilines is 1. The summed E-state index contributed by atoms with van der Waals surface area (Å²) in [6.07, 6.45) is -0.0920. The van der Waals surface area contributed by atoms with Gasteiger partial charge in [-0.15, -0.1) is 0 Å². The molecule has 0 aliphatic carbocycles. The number of fused-ring (bicyclic) bond motifs is 1. The van der Waals surface area contributed by atoms with E-state index >= 15 is 0 Å². The molecule has 4 rings (SSSR count). The maximum absolute atomic E-state index is 13.4. The molecular weight excluding hydrogens is 413 g/mol. The highest BCUT2D eigenvalue weighted by atomic mass is 35.5. The number of nitrogens with zero attached hydrogens (tertiary/aromatic N) is 1. The van der Waals surface area contributed by atoms with Gasteiger partial charge in [-0.2, -0.15) is 0 Å². The number of rotatable bonds is 4. The predicted molar refractivity (Wildman–Crippen MR) is 110 cm³/mol. The Balaban J connectivity index is 1.51. The second kappa shape index (κ2) is 7.55. The molecule has 2 aromatic carbocycles. The number of pyridine rings is 1. The number of hydrogen-bond donors (Lipinski definition) is 3. The number of aromatic amines is 1. The van der Waals surface area contributed by atoms with Crippen molar-refractivity contribution in [2.75, 3.05) is 11.4 Å². The lowest BCUT2D eigenvalue weighted by molar-refractivity contribution is -0.149. The minimum absolute atomic E-state index is 0.0881. The molecule has 0 spiro atoms. The average molecular weight is 430 g/mol. The lowest BCUT2D eigenvalue weighted by Gasteiger charge is -2.22. The molecule has 1 aliphatic heterocycles. The molecular formula is C21H17ClFN3O4. The number of nitrogens with one attached hydrogen (secondary N) is 2. The third-order valence-corrected chi connectivity index (χ3v) is 5.28. The first-order chi connectivity index (χ1) is 14.3. The molecule has 1 fully saturated rings. The Morgan fingerprint density at radius 2 is 2.00 bits per heavy atom. The summed E-state index contributed by atoms with van der Waals surface area (Å²) in [6, 6.07) is 11.8. The van der Waals surface area contributed by atoms with Crippen molar-refractivity contribution in [3.8, 4) is 0 Å². The van der Waals surface area contributed by atoms with E-state index in [4.69, 9.17) is 11.6 Å². The number of carbonyl (C=O) groups excluding carboxylic acids is 2. The van der Waals surface area contributed by atoms with Crippen LogP contribution >= 0.6 is 11.6 Å². The molecule has 0 saturated carbocycles. The lowest BCUT2D eigenvalue weighted by Crippen LogP contribution is -2.52. The van der Waals surface area contributed by atoms with Crippen LogP contribution in [0.4, 0.5) is 10.1 Å². The fourth-order valence-corrected chi connectivity index (χ4v) is 3.76. The molecule has 1 aromatic heterocycles. The molecule has 3 N–H and O–H groups in total. The van der Waals surface area contributed by atoms with Crippen molar-refractivity contribution >= 4 is 40.0 Å². The van der Waals surface area contributed by atoms with Crippen molar-refractivity contribution < 1.29 is 19.1 Å². The minimum atomic E-state index is -2.23. The van der Waals surface area contributed by atoms with Crippen LogP contribution < -0.4 is 15.8 Å². The molecule has 2 heterocycles. The van der Waals surface area contributed by atoms with E-state index in [1.54, 1.807) is 24.3 Å². The number of benzene rings is 2. The third-order valence-electron chi connectivity index (χ3n) is 5.07. The summed E-state index contributed by atoms with van der Waals surface area (Å²) < 4.78 is 13.4. The van der Waals surface area contributed by atoms with Crippen molar-refractivity contribution in [2.45, 2.75) is 18.6 Å². The smallest absolute Gasteiger partial charge is 0.268 e. The normalized spacial score (nSPS) is 18.8. The van der Waals surface area contributed by atoms with E-state index in [9.17, 15) is 23.9 Å². The van der Waals surface area contributed by atoms with Crippen LogP contribution in [-0.4, -0.2) is 34.1 Å². The molecule has 154 valence electrons. The fourth-order valence-electron chi connectivity index (χ4n) is 3.51. The summed E-state index contributed by atoms with van der Waals surface area (Å²) in [7, 11) is 0. The van der Waals surface area contributed by atoms with Crippen molar-refractivity contribution in [3.05, 3.63) is 75.3 Å². The number of aromatic nitrogens is 1. The van der Waals surface area contributed by atoms with Gasteiger partial charge < -0.3 is 20.3 Å². The first-order valence-corrected chi connectivity index (χ1v) is 9.55. The van der Waals surface area contributed by atoms with Crippen LogP contribution in [0.1, 0.15) is 12.0 Å². The Labute approximate surface area is 175 Å². The molecule has 1 atom stereocenters. The van der Waals surface area contributed by atoms with E-state index in [0.717, 1.165) is 6.07 Å². The Kier molecular flexibility index (Phi) is 5.05. The molecule has 0 radical (unpaired) electrons. The zero-order chi connectivity index (χ0) is 21.5. The van der Waals surface area contributed by atoms with Crippen molar-refractivity contribution in [2.24, 2.45) is 0 Å². The first-order valence-electron chi connectivity index (χ1n) is 9.17. The van der Waals surface area contributed by atoms with Gasteiger partial charge in [0.1, 0.15) is 5.82 Å². The van der Waals surface area contributed by atoms with Gasteiger partial charge in [0.15, 0.2) is 0 Å². The topological polar surface area (TPSA) is 102 Å². The average Bonchev–Trinajstić information content (AvgIpc) is 3.01. The highest BCUT2D eigenvalue weighted by Gasteiger charge is 2.51. The fraction of sp³-hybridized carbons (Fsp3) is 0.190. The standard InChI is InChI=1S/C21H17ClFN3O4/c22-14-7-12(8-15(23)10-14)11-24-19(28)21(30)5-6-26(20(21)29)16-2-3-17-13(9-16)1-4-18(27)25-17/h1-4,7-10,30H,5-6,11H2,(H,24,28)(H,25,27)/t21-/m0/s1. The maximum atomic E-state index is 13.4. The summed E-state index contributed by atoms with van der Waals surface area (Å²) in [5.74, 6) is -2.16. The Bertz CT molecular complexity index is 1210. The van der Waals surface area contributed by atoms with Crippen LogP contribution in [0.3, 0.4) is 0 Å². The lowest BCUT2D eigenvalue weighted by atomic mass is 10.0. The predicted octanol–water partition coefficient (Wildman–Crippen LogP) is 2.10. The van der Waals surface area contributed by atoms with Gasteiger partial charge in [-0.1, -0.05) is 11.6 Å². The minimum Gasteiger partial charge on any atom is -0.372 e. The SMILES string of the molecule is O=C(NCc1cc(F)cc(Cl)c1)[C@@]1(O)CCN(c2ccc3[nH]c(=O)ccc3c2)C1=O. The third kappa shape index (κ3) is 3.67. The van der Waals surface area contributed by atoms with Gasteiger partial charge in [-0.3, -0.25) is 14.4 Å². The van der Waals surface area contributed by atoms with E-state index < -0.39 is 23.2 Å². The van der Waals surface area contributed by atoms with Crippen molar-refractivity contribution in [1.29, 1.82) is 0 Å². The van der Waals surface area contributed by atoms with Crippen LogP contribution in [0.5, 0.6) is 0 Å². The highest BCUT2D eigenvalue weighted by molar-refractivity contribution is 6.30. The molecule has 7 nitrogen and oxygen atoms in total. The summed E-state index contributed by atoms with van der Waals surface area (Å²) >= 11 is 5.80. The van der Waals surface area contributed by atoms with Gasteiger partial charge >= 0.3 is 0 Å². The van der Waals surface area contributed by atoms with E-state index in [-0.39, 0.29) is 30.1 Å². The largest absolute Gasteiger partial charge is 0.372 e. The van der Waals surface area contributed by atoms with Gasteiger partial charge in [0.2, 0.25) is 11.2 Å². The molecule has 9 heteroatoms. The Morgan fingerprint density at radius 1 is 1.20 bits per heavy atom. The molecule has 30 heavy (non-hydrogen) atoms. The Hall–Kier alpha value is -3.23. The van der Waals surface area contributed by atoms with E-state index in [2.05, 4.69) is 10.3 Å². The number of H-pyrrole nitrogens is 1. The second-order valence-electron chi connectivity index (χ2n) is 7.12. The van der Waals surface area contributed by atoms with Gasteiger partial charge in [0, 0.05) is 47.2 Å². The van der Waals surface area contributed by atoms with Crippen molar-refractivity contribution in [1.82, 2.24) is 10.3 Å². The number of amides is 2. The van der Waals surface area contributed by atoms with Gasteiger partial charge in [-0.25, -0.2) is 4.39 Å². The molecule has 3 aromatic rings. The van der Waals surface area contributed by atoms with Crippen LogP contribution in [-0.2, 0) is 16.1 Å². The quantitative estimate of drug-likeness (QED) is 0.553. The summed E-state index contributed by atoms with van der Waals surface area (Å²) in [5.41, 5.74) is -0.947. The zero-order valence-electron chi connectivity index (χ0n) is 15.6. The number of carbonyl (C=O) groups is 2. The first kappa shape index (κ1) is 20.1. The molecule has 0 bridgehead atoms. The van der Waals surface area contributed by atoms with Gasteiger partial charge in [-0.05, 0) is 48.0 Å². The second-order valence-corrected chi connectivity index (χ2v) is 7.56. The summed E-state index contributed by atoms with van der Waals surface area (Å²) in [4.78, 5) is 40.8. The Morgan fingerprint density at radius 3 is 2.77 bits per heavy atom. The molecule has 1 saturated heterocycles. The summed E-state index contributed by atoms with van der Waals surface area (Å²) in [5, 5.41) is 14.1. The van der Waals surface area contributed by atoms with E-state index in [1.807, 2.05) is 0 Å². The van der Waals surface area contributed by atoms with Crippen LogP contribution in [0, 0.1) is 5.82 Å². The monoisotopic (exact) mass is 429 g/mol. The van der Waals surface area contributed by atoms with E-state index in [1.165, 1.54) is 23.1 Å². The number of aliphatic hydroxyl groups is 1. The summed E-state index contributed by atoms with van der Waals surface area (Å²) in [6.45, 7) is 0.0542.